The molecular weight excluding hydrogens is 402 g/mol. The number of likely N-dealkylation sites (tertiary alicyclic amines) is 1. The van der Waals surface area contributed by atoms with Crippen molar-refractivity contribution in [3.63, 3.8) is 0 Å². The maximum absolute atomic E-state index is 12.1. The van der Waals surface area contributed by atoms with Gasteiger partial charge in [-0.05, 0) is 56.4 Å². The first-order chi connectivity index (χ1) is 15.5. The van der Waals surface area contributed by atoms with E-state index in [-0.39, 0.29) is 24.5 Å². The van der Waals surface area contributed by atoms with Gasteiger partial charge in [-0.1, -0.05) is 53.6 Å². The molecule has 5 nitrogen and oxygen atoms in total. The molecule has 0 aromatic heterocycles. The number of carbonyl (C=O) groups excluding carboxylic acids is 1. The Labute approximate surface area is 191 Å². The van der Waals surface area contributed by atoms with Crippen LogP contribution in [0.2, 0.25) is 0 Å². The van der Waals surface area contributed by atoms with Crippen molar-refractivity contribution in [2.24, 2.45) is 17.8 Å². The second-order valence-electron chi connectivity index (χ2n) is 9.77. The lowest BCUT2D eigenvalue weighted by molar-refractivity contribution is -0.135. The summed E-state index contributed by atoms with van der Waals surface area (Å²) >= 11 is 0. The fourth-order valence-corrected chi connectivity index (χ4v) is 5.62. The smallest absolute Gasteiger partial charge is 0.248 e. The average Bonchev–Trinajstić information content (AvgIpc) is 3.47. The molecule has 2 aliphatic carbocycles. The molecule has 5 heteroatoms. The number of allylic oxidation sites excluding steroid dienone is 1. The SMILES string of the molecule is Cc1cccc(C[C@@H](O)C=C[C@@H]2[C@H]3CC(CCOCC(=O)N4CCCC4)=C[C@H]3C[C@H]2O)c1. The number of aryl methyl sites for hydroxylation is 1. The zero-order valence-corrected chi connectivity index (χ0v) is 19.2. The summed E-state index contributed by atoms with van der Waals surface area (Å²) in [7, 11) is 0. The summed E-state index contributed by atoms with van der Waals surface area (Å²) in [5, 5.41) is 21.0. The Morgan fingerprint density at radius 2 is 2.12 bits per heavy atom. The van der Waals surface area contributed by atoms with Crippen molar-refractivity contribution in [1.29, 1.82) is 0 Å². The minimum Gasteiger partial charge on any atom is -0.392 e. The van der Waals surface area contributed by atoms with Gasteiger partial charge in [-0.25, -0.2) is 0 Å². The summed E-state index contributed by atoms with van der Waals surface area (Å²) in [6, 6.07) is 8.22. The van der Waals surface area contributed by atoms with E-state index in [0.29, 0.717) is 24.9 Å². The van der Waals surface area contributed by atoms with Gasteiger partial charge in [0, 0.05) is 25.4 Å². The average molecular weight is 440 g/mol. The first-order valence-corrected chi connectivity index (χ1v) is 12.1. The third-order valence-corrected chi connectivity index (χ3v) is 7.28. The van der Waals surface area contributed by atoms with Crippen molar-refractivity contribution >= 4 is 5.91 Å². The van der Waals surface area contributed by atoms with E-state index in [1.807, 2.05) is 29.2 Å². The second-order valence-corrected chi connectivity index (χ2v) is 9.77. The molecule has 1 amide bonds. The van der Waals surface area contributed by atoms with Gasteiger partial charge in [-0.15, -0.1) is 0 Å². The molecule has 174 valence electrons. The van der Waals surface area contributed by atoms with Gasteiger partial charge >= 0.3 is 0 Å². The van der Waals surface area contributed by atoms with Crippen molar-refractivity contribution in [3.05, 3.63) is 59.2 Å². The number of hydrogen-bond donors (Lipinski definition) is 2. The molecular formula is C27H37NO4. The molecule has 5 atom stereocenters. The van der Waals surface area contributed by atoms with Gasteiger partial charge in [-0.2, -0.15) is 0 Å². The standard InChI is InChI=1S/C27H37NO4/c1-19-5-4-6-20(13-19)15-23(29)7-8-24-25-16-21(14-22(25)17-26(24)30)9-12-32-18-27(31)28-10-2-3-11-28/h4-8,13-14,22-26,29-30H,2-3,9-12,15-18H2,1H3/t22-,23-,24+,25-,26+/m0/s1. The van der Waals surface area contributed by atoms with Crippen LogP contribution in [-0.2, 0) is 16.0 Å². The van der Waals surface area contributed by atoms with Gasteiger partial charge in [0.15, 0.2) is 0 Å². The van der Waals surface area contributed by atoms with E-state index in [1.54, 1.807) is 0 Å². The lowest BCUT2D eigenvalue weighted by atomic mass is 9.88. The van der Waals surface area contributed by atoms with Crippen molar-refractivity contribution in [2.75, 3.05) is 26.3 Å². The molecule has 32 heavy (non-hydrogen) atoms. The first kappa shape index (κ1) is 23.2. The highest BCUT2D eigenvalue weighted by atomic mass is 16.5. The van der Waals surface area contributed by atoms with E-state index < -0.39 is 6.10 Å². The molecule has 0 spiro atoms. The summed E-state index contributed by atoms with van der Waals surface area (Å²) < 4.78 is 5.66. The molecule has 1 aliphatic heterocycles. The Balaban J connectivity index is 1.22. The number of rotatable bonds is 9. The number of fused-ring (bicyclic) bond motifs is 1. The van der Waals surface area contributed by atoms with Crippen LogP contribution in [0.5, 0.6) is 0 Å². The van der Waals surface area contributed by atoms with Gasteiger partial charge < -0.3 is 19.8 Å². The highest BCUT2D eigenvalue weighted by Crippen LogP contribution is 2.47. The third-order valence-electron chi connectivity index (χ3n) is 7.28. The summed E-state index contributed by atoms with van der Waals surface area (Å²) in [6.45, 7) is 4.55. The van der Waals surface area contributed by atoms with Gasteiger partial charge in [0.25, 0.3) is 0 Å². The second kappa shape index (κ2) is 10.8. The fraction of sp³-hybridized carbons (Fsp3) is 0.593. The first-order valence-electron chi connectivity index (χ1n) is 12.1. The van der Waals surface area contributed by atoms with Crippen LogP contribution in [-0.4, -0.2) is 59.5 Å². The number of hydrogen-bond acceptors (Lipinski definition) is 4. The molecule has 1 saturated heterocycles. The molecule has 4 rings (SSSR count). The number of amides is 1. The predicted molar refractivity (Wildman–Crippen MR) is 125 cm³/mol. The monoisotopic (exact) mass is 439 g/mol. The molecule has 2 fully saturated rings. The minimum atomic E-state index is -0.543. The van der Waals surface area contributed by atoms with E-state index in [4.69, 9.17) is 4.74 Å². The van der Waals surface area contributed by atoms with Gasteiger partial charge in [-0.3, -0.25) is 4.79 Å². The van der Waals surface area contributed by atoms with Crippen LogP contribution in [0, 0.1) is 24.7 Å². The Hall–Kier alpha value is -1.95. The zero-order chi connectivity index (χ0) is 22.5. The highest BCUT2D eigenvalue weighted by molar-refractivity contribution is 5.77. The van der Waals surface area contributed by atoms with E-state index >= 15 is 0 Å². The normalized spacial score (nSPS) is 28.3. The van der Waals surface area contributed by atoms with Gasteiger partial charge in [0.05, 0.1) is 18.8 Å². The molecule has 0 bridgehead atoms. The molecule has 2 N–H and O–H groups in total. The number of carbonyl (C=O) groups is 1. The summed E-state index contributed by atoms with van der Waals surface area (Å²) in [5.74, 6) is 0.985. The third kappa shape index (κ3) is 5.89. The lowest BCUT2D eigenvalue weighted by Crippen LogP contribution is -2.31. The quantitative estimate of drug-likeness (QED) is 0.457. The maximum Gasteiger partial charge on any atom is 0.248 e. The van der Waals surface area contributed by atoms with E-state index in [2.05, 4.69) is 25.1 Å². The van der Waals surface area contributed by atoms with Crippen LogP contribution in [0.4, 0.5) is 0 Å². The van der Waals surface area contributed by atoms with Crippen LogP contribution in [0.25, 0.3) is 0 Å². The van der Waals surface area contributed by atoms with Crippen LogP contribution >= 0.6 is 0 Å². The van der Waals surface area contributed by atoms with E-state index in [0.717, 1.165) is 50.8 Å². The number of benzene rings is 1. The molecule has 1 aromatic rings. The Morgan fingerprint density at radius 1 is 1.31 bits per heavy atom. The zero-order valence-electron chi connectivity index (χ0n) is 19.2. The van der Waals surface area contributed by atoms with Crippen LogP contribution in [0.3, 0.4) is 0 Å². The van der Waals surface area contributed by atoms with Crippen LogP contribution in [0.15, 0.2) is 48.1 Å². The van der Waals surface area contributed by atoms with E-state index in [1.165, 1.54) is 11.1 Å². The van der Waals surface area contributed by atoms with Crippen LogP contribution < -0.4 is 0 Å². The minimum absolute atomic E-state index is 0.0820. The fourth-order valence-electron chi connectivity index (χ4n) is 5.62. The Kier molecular flexibility index (Phi) is 7.82. The summed E-state index contributed by atoms with van der Waals surface area (Å²) in [5.41, 5.74) is 3.70. The molecule has 1 heterocycles. The summed E-state index contributed by atoms with van der Waals surface area (Å²) in [6.07, 6.45) is 10.7. The molecule has 1 saturated carbocycles. The molecule has 0 unspecified atom stereocenters. The van der Waals surface area contributed by atoms with Gasteiger partial charge in [0.2, 0.25) is 5.91 Å². The Morgan fingerprint density at radius 3 is 2.91 bits per heavy atom. The molecule has 3 aliphatic rings. The predicted octanol–water partition coefficient (Wildman–Crippen LogP) is 3.43. The van der Waals surface area contributed by atoms with E-state index in [9.17, 15) is 15.0 Å². The topological polar surface area (TPSA) is 70.0 Å². The highest BCUT2D eigenvalue weighted by Gasteiger charge is 2.43. The Bertz CT molecular complexity index is 842. The molecule has 0 radical (unpaired) electrons. The number of nitrogens with zero attached hydrogens (tertiary/aromatic N) is 1. The molecule has 1 aromatic carbocycles. The number of ether oxygens (including phenoxy) is 1. The van der Waals surface area contributed by atoms with Crippen LogP contribution in [0.1, 0.15) is 43.2 Å². The van der Waals surface area contributed by atoms with Crippen molar-refractivity contribution < 1.29 is 19.7 Å². The van der Waals surface area contributed by atoms with Gasteiger partial charge in [0.1, 0.15) is 6.61 Å². The lowest BCUT2D eigenvalue weighted by Gasteiger charge is -2.19. The summed E-state index contributed by atoms with van der Waals surface area (Å²) in [4.78, 5) is 14.0. The number of aliphatic hydroxyl groups is 2. The maximum atomic E-state index is 12.1. The largest absolute Gasteiger partial charge is 0.392 e. The number of aliphatic hydroxyl groups excluding tert-OH is 2. The van der Waals surface area contributed by atoms with Crippen molar-refractivity contribution in [1.82, 2.24) is 4.90 Å². The van der Waals surface area contributed by atoms with Crippen molar-refractivity contribution in [2.45, 2.75) is 57.7 Å². The van der Waals surface area contributed by atoms with Crippen molar-refractivity contribution in [3.8, 4) is 0 Å².